The molecule has 2 aromatic carbocycles. The first-order valence-electron chi connectivity index (χ1n) is 14.2. The van der Waals surface area contributed by atoms with Gasteiger partial charge in [-0.15, -0.1) is 0 Å². The number of hydrogen-bond acceptors (Lipinski definition) is 7. The number of alkyl halides is 1. The van der Waals surface area contributed by atoms with Crippen LogP contribution in [-0.2, 0) is 41.6 Å². The van der Waals surface area contributed by atoms with Crippen LogP contribution in [0.4, 0.5) is 13.6 Å². The third-order valence-electron chi connectivity index (χ3n) is 6.61. The monoisotopic (exact) mass is 601 g/mol. The van der Waals surface area contributed by atoms with Gasteiger partial charge in [0.15, 0.2) is 0 Å². The molecule has 0 spiro atoms. The van der Waals surface area contributed by atoms with Crippen molar-refractivity contribution in [3.8, 4) is 0 Å². The fraction of sp³-hybridized carbons (Fsp3) is 0.485. The summed E-state index contributed by atoms with van der Waals surface area (Å²) in [5, 5.41) is 0. The number of benzene rings is 2. The summed E-state index contributed by atoms with van der Waals surface area (Å²) in [6, 6.07) is 12.0. The lowest BCUT2D eigenvalue weighted by Crippen LogP contribution is -2.49. The van der Waals surface area contributed by atoms with Crippen molar-refractivity contribution in [1.82, 2.24) is 4.90 Å². The van der Waals surface area contributed by atoms with Crippen LogP contribution >= 0.6 is 0 Å². The molecule has 1 unspecified atom stereocenters. The van der Waals surface area contributed by atoms with E-state index in [0.717, 1.165) is 10.5 Å². The Labute approximate surface area is 251 Å². The maximum absolute atomic E-state index is 15.2. The minimum atomic E-state index is -1.87. The summed E-state index contributed by atoms with van der Waals surface area (Å²) in [7, 11) is 1.30. The van der Waals surface area contributed by atoms with Crippen LogP contribution in [0.2, 0.25) is 0 Å². The molecule has 0 N–H and O–H groups in total. The Morgan fingerprint density at radius 1 is 1.00 bits per heavy atom. The number of rotatable bonds is 11. The number of carbonyl (C=O) groups excluding carboxylic acids is 3. The molecule has 0 saturated heterocycles. The maximum Gasteiger partial charge on any atom is 0.410 e. The summed E-state index contributed by atoms with van der Waals surface area (Å²) < 4.78 is 51.7. The van der Waals surface area contributed by atoms with E-state index in [1.54, 1.807) is 57.2 Å². The third kappa shape index (κ3) is 10.8. The minimum Gasteiger partial charge on any atom is -0.458 e. The zero-order chi connectivity index (χ0) is 31.8. The third-order valence-corrected chi connectivity index (χ3v) is 6.61. The Kier molecular flexibility index (Phi) is 11.4. The first kappa shape index (κ1) is 33.7. The van der Waals surface area contributed by atoms with Gasteiger partial charge < -0.3 is 18.9 Å². The van der Waals surface area contributed by atoms with Crippen LogP contribution in [0.1, 0.15) is 64.2 Å². The van der Waals surface area contributed by atoms with Gasteiger partial charge in [0.2, 0.25) is 6.10 Å². The second kappa shape index (κ2) is 14.6. The molecule has 0 saturated carbocycles. The standard InChI is InChI=1S/C33H41F2NO7/c1-32(2,3)43-31(39)36(6)27(20-33(4,5)35)29(37)42-28(30(38)41-21-22-10-8-7-9-11-22)19-23-12-13-25(26(34)18-23)24-14-16-40-17-15-24/h7-14,18,27-28H,15-17,19-21H2,1-6H3/t27-,28?/m0/s1. The molecule has 1 aliphatic heterocycles. The van der Waals surface area contributed by atoms with E-state index in [1.165, 1.54) is 27.0 Å². The number of esters is 2. The molecule has 234 valence electrons. The number of halogens is 2. The van der Waals surface area contributed by atoms with E-state index in [-0.39, 0.29) is 13.0 Å². The lowest BCUT2D eigenvalue weighted by atomic mass is 9.97. The molecule has 2 atom stereocenters. The number of nitrogens with zero attached hydrogens (tertiary/aromatic N) is 1. The number of carbonyl (C=O) groups is 3. The summed E-state index contributed by atoms with van der Waals surface area (Å²) >= 11 is 0. The normalized spacial score (nSPS) is 15.1. The zero-order valence-corrected chi connectivity index (χ0v) is 25.7. The van der Waals surface area contributed by atoms with E-state index in [0.29, 0.717) is 36.3 Å². The van der Waals surface area contributed by atoms with E-state index < -0.39 is 53.7 Å². The Morgan fingerprint density at radius 2 is 1.70 bits per heavy atom. The summed E-state index contributed by atoms with van der Waals surface area (Å²) in [4.78, 5) is 40.5. The van der Waals surface area contributed by atoms with Crippen LogP contribution in [0, 0.1) is 5.82 Å². The maximum atomic E-state index is 15.2. The smallest absolute Gasteiger partial charge is 0.410 e. The second-order valence-electron chi connectivity index (χ2n) is 12.1. The van der Waals surface area contributed by atoms with Crippen molar-refractivity contribution in [2.45, 2.75) is 83.9 Å². The van der Waals surface area contributed by atoms with Gasteiger partial charge in [-0.1, -0.05) is 48.5 Å². The molecular weight excluding hydrogens is 560 g/mol. The van der Waals surface area contributed by atoms with Crippen LogP contribution < -0.4 is 0 Å². The van der Waals surface area contributed by atoms with Gasteiger partial charge in [-0.25, -0.2) is 23.2 Å². The molecular formula is C33H41F2NO7. The summed E-state index contributed by atoms with van der Waals surface area (Å²) in [6.45, 7) is 8.31. The molecule has 43 heavy (non-hydrogen) atoms. The van der Waals surface area contributed by atoms with Crippen molar-refractivity contribution in [1.29, 1.82) is 0 Å². The Hall–Kier alpha value is -3.79. The van der Waals surface area contributed by atoms with Gasteiger partial charge in [0.1, 0.15) is 29.7 Å². The van der Waals surface area contributed by atoms with Gasteiger partial charge in [-0.3, -0.25) is 4.90 Å². The van der Waals surface area contributed by atoms with E-state index >= 15 is 4.39 Å². The lowest BCUT2D eigenvalue weighted by Gasteiger charge is -2.32. The number of ether oxygens (including phenoxy) is 4. The molecule has 1 aliphatic rings. The molecule has 1 heterocycles. The molecule has 0 bridgehead atoms. The van der Waals surface area contributed by atoms with E-state index in [2.05, 4.69) is 0 Å². The number of hydrogen-bond donors (Lipinski definition) is 0. The second-order valence-corrected chi connectivity index (χ2v) is 12.1. The average molecular weight is 602 g/mol. The Balaban J connectivity index is 1.86. The first-order chi connectivity index (χ1) is 20.1. The van der Waals surface area contributed by atoms with Gasteiger partial charge in [-0.05, 0) is 63.8 Å². The molecule has 2 aromatic rings. The van der Waals surface area contributed by atoms with Gasteiger partial charge in [0, 0.05) is 25.5 Å². The largest absolute Gasteiger partial charge is 0.458 e. The summed E-state index contributed by atoms with van der Waals surface area (Å²) in [5.74, 6) is -2.38. The molecule has 0 fully saturated rings. The van der Waals surface area contributed by atoms with E-state index in [4.69, 9.17) is 18.9 Å². The molecule has 10 heteroatoms. The van der Waals surface area contributed by atoms with Crippen molar-refractivity contribution in [3.63, 3.8) is 0 Å². The van der Waals surface area contributed by atoms with Crippen molar-refractivity contribution < 1.29 is 42.1 Å². The van der Waals surface area contributed by atoms with Gasteiger partial charge in [0.25, 0.3) is 0 Å². The van der Waals surface area contributed by atoms with Crippen molar-refractivity contribution in [2.24, 2.45) is 0 Å². The molecule has 8 nitrogen and oxygen atoms in total. The fourth-order valence-electron chi connectivity index (χ4n) is 4.44. The van der Waals surface area contributed by atoms with E-state index in [9.17, 15) is 18.8 Å². The van der Waals surface area contributed by atoms with Crippen molar-refractivity contribution in [2.75, 3.05) is 20.3 Å². The highest BCUT2D eigenvalue weighted by atomic mass is 19.1. The predicted octanol–water partition coefficient (Wildman–Crippen LogP) is 6.20. The summed E-state index contributed by atoms with van der Waals surface area (Å²) in [6.07, 6.45) is -0.598. The predicted molar refractivity (Wildman–Crippen MR) is 157 cm³/mol. The highest BCUT2D eigenvalue weighted by Gasteiger charge is 2.38. The van der Waals surface area contributed by atoms with E-state index in [1.807, 2.05) is 12.1 Å². The molecule has 3 rings (SSSR count). The lowest BCUT2D eigenvalue weighted by molar-refractivity contribution is -0.172. The number of likely N-dealkylation sites (N-methyl/N-ethyl adjacent to an activating group) is 1. The van der Waals surface area contributed by atoms with Crippen LogP contribution in [-0.4, -0.2) is 66.6 Å². The molecule has 0 aliphatic carbocycles. The zero-order valence-electron chi connectivity index (χ0n) is 25.7. The van der Waals surface area contributed by atoms with Gasteiger partial charge >= 0.3 is 18.0 Å². The topological polar surface area (TPSA) is 91.4 Å². The van der Waals surface area contributed by atoms with Crippen LogP contribution in [0.5, 0.6) is 0 Å². The Morgan fingerprint density at radius 3 is 2.28 bits per heavy atom. The highest BCUT2D eigenvalue weighted by Crippen LogP contribution is 2.26. The quantitative estimate of drug-likeness (QED) is 0.224. The number of amides is 1. The Bertz CT molecular complexity index is 1300. The highest BCUT2D eigenvalue weighted by molar-refractivity contribution is 5.85. The van der Waals surface area contributed by atoms with Gasteiger partial charge in [-0.2, -0.15) is 0 Å². The summed E-state index contributed by atoms with van der Waals surface area (Å²) in [5.41, 5.74) is -0.403. The average Bonchev–Trinajstić information content (AvgIpc) is 2.93. The molecule has 0 aromatic heterocycles. The van der Waals surface area contributed by atoms with Crippen molar-refractivity contribution in [3.05, 3.63) is 77.1 Å². The molecule has 1 amide bonds. The van der Waals surface area contributed by atoms with Crippen LogP contribution in [0.3, 0.4) is 0 Å². The SMILES string of the molecule is CN(C(=O)OC(C)(C)C)[C@@H](CC(C)(C)F)C(=O)OC(Cc1ccc(C2=CCOCC2)c(F)c1)C(=O)OCc1ccccc1. The first-order valence-corrected chi connectivity index (χ1v) is 14.2. The van der Waals surface area contributed by atoms with Crippen LogP contribution in [0.25, 0.3) is 5.57 Å². The van der Waals surface area contributed by atoms with Crippen LogP contribution in [0.15, 0.2) is 54.6 Å². The minimum absolute atomic E-state index is 0.0873. The van der Waals surface area contributed by atoms with Gasteiger partial charge in [0.05, 0.1) is 13.2 Å². The fourth-order valence-corrected chi connectivity index (χ4v) is 4.44. The molecule has 0 radical (unpaired) electrons. The van der Waals surface area contributed by atoms with Crippen molar-refractivity contribution >= 4 is 23.6 Å².